The molecule has 2 aromatic heterocycles. The van der Waals surface area contributed by atoms with Crippen LogP contribution >= 0.6 is 23.2 Å². The molecule has 27 heavy (non-hydrogen) atoms. The number of nitrogens with zero attached hydrogens (tertiary/aromatic N) is 4. The molecule has 0 saturated carbocycles. The smallest absolute Gasteiger partial charge is 0.155 e. The molecule has 0 unspecified atom stereocenters. The number of anilines is 1. The molecule has 1 N–H and O–H groups in total. The molecule has 134 valence electrons. The van der Waals surface area contributed by atoms with Gasteiger partial charge in [-0.25, -0.2) is 9.97 Å². The number of H-pyrrole nitrogens is 1. The van der Waals surface area contributed by atoms with Gasteiger partial charge in [-0.1, -0.05) is 35.3 Å². The van der Waals surface area contributed by atoms with E-state index in [1.807, 2.05) is 42.5 Å². The summed E-state index contributed by atoms with van der Waals surface area (Å²) in [5.74, 6) is 2.18. The Morgan fingerprint density at radius 3 is 2.63 bits per heavy atom. The lowest BCUT2D eigenvalue weighted by Gasteiger charge is -2.39. The monoisotopic (exact) mass is 395 g/mol. The Morgan fingerprint density at radius 2 is 1.78 bits per heavy atom. The molecule has 0 amide bonds. The number of fused-ring (bicyclic) bond motifs is 1. The van der Waals surface area contributed by atoms with E-state index in [1.165, 1.54) is 0 Å². The van der Waals surface area contributed by atoms with E-state index in [-0.39, 0.29) is 0 Å². The molecule has 0 bridgehead atoms. The third-order valence-electron chi connectivity index (χ3n) is 4.81. The summed E-state index contributed by atoms with van der Waals surface area (Å²) < 4.78 is 0. The van der Waals surface area contributed by atoms with Crippen LogP contribution in [0, 0.1) is 0 Å². The zero-order valence-electron chi connectivity index (χ0n) is 14.2. The molecule has 5 rings (SSSR count). The second-order valence-electron chi connectivity index (χ2n) is 6.62. The van der Waals surface area contributed by atoms with E-state index in [1.54, 1.807) is 12.4 Å². The highest BCUT2D eigenvalue weighted by Gasteiger charge is 2.33. The Morgan fingerprint density at radius 1 is 0.963 bits per heavy atom. The number of benzene rings is 2. The SMILES string of the molecule is Clc1cccc(-c2nccnc2N2CC(c3nc4cc(Cl)ccc4[nH]3)C2)c1. The van der Waals surface area contributed by atoms with E-state index >= 15 is 0 Å². The summed E-state index contributed by atoms with van der Waals surface area (Å²) in [5, 5.41) is 1.38. The molecule has 3 heterocycles. The van der Waals surface area contributed by atoms with Crippen molar-refractivity contribution in [3.05, 3.63) is 70.7 Å². The molecule has 7 heteroatoms. The van der Waals surface area contributed by atoms with Gasteiger partial charge in [0.2, 0.25) is 0 Å². The minimum Gasteiger partial charge on any atom is -0.353 e. The number of imidazole rings is 1. The molecule has 1 aliphatic heterocycles. The highest BCUT2D eigenvalue weighted by molar-refractivity contribution is 6.31. The van der Waals surface area contributed by atoms with Gasteiger partial charge in [0.15, 0.2) is 5.82 Å². The number of nitrogens with one attached hydrogen (secondary N) is 1. The summed E-state index contributed by atoms with van der Waals surface area (Å²) in [6.45, 7) is 1.67. The minimum atomic E-state index is 0.324. The molecule has 1 saturated heterocycles. The fraction of sp³-hybridized carbons (Fsp3) is 0.150. The van der Waals surface area contributed by atoms with Crippen LogP contribution in [0.5, 0.6) is 0 Å². The van der Waals surface area contributed by atoms with Gasteiger partial charge < -0.3 is 9.88 Å². The van der Waals surface area contributed by atoms with Crippen LogP contribution < -0.4 is 4.90 Å². The Balaban J connectivity index is 1.40. The first kappa shape index (κ1) is 16.5. The summed E-state index contributed by atoms with van der Waals surface area (Å²) >= 11 is 12.2. The van der Waals surface area contributed by atoms with Gasteiger partial charge in [0.1, 0.15) is 11.5 Å². The van der Waals surface area contributed by atoms with Crippen molar-refractivity contribution in [3.8, 4) is 11.3 Å². The van der Waals surface area contributed by atoms with Crippen molar-refractivity contribution in [2.45, 2.75) is 5.92 Å². The van der Waals surface area contributed by atoms with E-state index in [2.05, 4.69) is 19.9 Å². The maximum atomic E-state index is 6.14. The highest BCUT2D eigenvalue weighted by atomic mass is 35.5. The van der Waals surface area contributed by atoms with Gasteiger partial charge in [0.05, 0.1) is 17.0 Å². The molecule has 0 atom stereocenters. The Hall–Kier alpha value is -2.63. The molecule has 4 aromatic rings. The molecule has 0 aliphatic carbocycles. The molecule has 1 fully saturated rings. The lowest BCUT2D eigenvalue weighted by Crippen LogP contribution is -2.46. The second kappa shape index (κ2) is 6.51. The van der Waals surface area contributed by atoms with Gasteiger partial charge in [-0.15, -0.1) is 0 Å². The first-order valence-corrected chi connectivity index (χ1v) is 9.40. The summed E-state index contributed by atoms with van der Waals surface area (Å²) in [6.07, 6.45) is 3.43. The van der Waals surface area contributed by atoms with Crippen molar-refractivity contribution in [2.24, 2.45) is 0 Å². The topological polar surface area (TPSA) is 57.7 Å². The summed E-state index contributed by atoms with van der Waals surface area (Å²) in [5.41, 5.74) is 3.71. The Kier molecular flexibility index (Phi) is 3.99. The van der Waals surface area contributed by atoms with Gasteiger partial charge in [0, 0.05) is 41.1 Å². The van der Waals surface area contributed by atoms with Crippen molar-refractivity contribution in [3.63, 3.8) is 0 Å². The number of halogens is 2. The van der Waals surface area contributed by atoms with E-state index < -0.39 is 0 Å². The van der Waals surface area contributed by atoms with Crippen molar-refractivity contribution in [1.29, 1.82) is 0 Å². The maximum absolute atomic E-state index is 6.14. The van der Waals surface area contributed by atoms with Crippen molar-refractivity contribution >= 4 is 40.1 Å². The number of rotatable bonds is 3. The quantitative estimate of drug-likeness (QED) is 0.534. The highest BCUT2D eigenvalue weighted by Crippen LogP contribution is 2.35. The average molecular weight is 396 g/mol. The molecular weight excluding hydrogens is 381 g/mol. The molecule has 0 radical (unpaired) electrons. The third-order valence-corrected chi connectivity index (χ3v) is 5.28. The molecule has 1 aliphatic rings. The Bertz CT molecular complexity index is 1130. The first-order valence-electron chi connectivity index (χ1n) is 8.64. The fourth-order valence-electron chi connectivity index (χ4n) is 3.42. The average Bonchev–Trinajstić information content (AvgIpc) is 3.03. The lowest BCUT2D eigenvalue weighted by molar-refractivity contribution is 0.501. The van der Waals surface area contributed by atoms with E-state index in [4.69, 9.17) is 28.2 Å². The minimum absolute atomic E-state index is 0.324. The van der Waals surface area contributed by atoms with Crippen LogP contribution in [0.15, 0.2) is 54.9 Å². The molecule has 2 aromatic carbocycles. The molecular formula is C20H15Cl2N5. The maximum Gasteiger partial charge on any atom is 0.155 e. The van der Waals surface area contributed by atoms with Gasteiger partial charge in [-0.2, -0.15) is 0 Å². The predicted octanol–water partition coefficient (Wildman–Crippen LogP) is 4.93. The van der Waals surface area contributed by atoms with Crippen LogP contribution in [-0.4, -0.2) is 33.0 Å². The largest absolute Gasteiger partial charge is 0.353 e. The van der Waals surface area contributed by atoms with Crippen LogP contribution in [0.25, 0.3) is 22.3 Å². The van der Waals surface area contributed by atoms with Gasteiger partial charge in [-0.3, -0.25) is 4.98 Å². The van der Waals surface area contributed by atoms with Gasteiger partial charge >= 0.3 is 0 Å². The van der Waals surface area contributed by atoms with Crippen LogP contribution in [0.1, 0.15) is 11.7 Å². The van der Waals surface area contributed by atoms with Crippen LogP contribution in [0.4, 0.5) is 5.82 Å². The summed E-state index contributed by atoms with van der Waals surface area (Å²) in [7, 11) is 0. The van der Waals surface area contributed by atoms with Gasteiger partial charge in [0.25, 0.3) is 0 Å². The molecule has 5 nitrogen and oxygen atoms in total. The number of aromatic amines is 1. The Labute approximate surface area is 166 Å². The predicted molar refractivity (Wildman–Crippen MR) is 109 cm³/mol. The third kappa shape index (κ3) is 3.03. The van der Waals surface area contributed by atoms with Crippen LogP contribution in [-0.2, 0) is 0 Å². The fourth-order valence-corrected chi connectivity index (χ4v) is 3.77. The van der Waals surface area contributed by atoms with Gasteiger partial charge in [-0.05, 0) is 30.3 Å². The summed E-state index contributed by atoms with van der Waals surface area (Å²) in [6, 6.07) is 13.4. The van der Waals surface area contributed by atoms with Crippen molar-refractivity contribution in [2.75, 3.05) is 18.0 Å². The zero-order valence-corrected chi connectivity index (χ0v) is 15.7. The normalized spacial score (nSPS) is 14.5. The lowest BCUT2D eigenvalue weighted by atomic mass is 9.98. The van der Waals surface area contributed by atoms with E-state index in [0.29, 0.717) is 16.0 Å². The van der Waals surface area contributed by atoms with E-state index in [0.717, 1.165) is 47.0 Å². The van der Waals surface area contributed by atoms with Crippen molar-refractivity contribution < 1.29 is 0 Å². The van der Waals surface area contributed by atoms with Crippen molar-refractivity contribution in [1.82, 2.24) is 19.9 Å². The number of hydrogen-bond acceptors (Lipinski definition) is 4. The summed E-state index contributed by atoms with van der Waals surface area (Å²) in [4.78, 5) is 19.4. The standard InChI is InChI=1S/C20H15Cl2N5/c21-14-3-1-2-12(8-14)18-20(24-7-6-23-18)27-10-13(11-27)19-25-16-5-4-15(22)9-17(16)26-19/h1-9,13H,10-11H2,(H,25,26). The van der Waals surface area contributed by atoms with Crippen LogP contribution in [0.3, 0.4) is 0 Å². The molecule has 0 spiro atoms. The zero-order chi connectivity index (χ0) is 18.4. The number of hydrogen-bond donors (Lipinski definition) is 1. The number of aromatic nitrogens is 4. The van der Waals surface area contributed by atoms with Crippen LogP contribution in [0.2, 0.25) is 10.0 Å². The second-order valence-corrected chi connectivity index (χ2v) is 7.50. The first-order chi connectivity index (χ1) is 13.2. The van der Waals surface area contributed by atoms with E-state index in [9.17, 15) is 0 Å².